The van der Waals surface area contributed by atoms with Crippen LogP contribution in [0.3, 0.4) is 0 Å². The molecule has 18 heavy (non-hydrogen) atoms. The van der Waals surface area contributed by atoms with Crippen LogP contribution in [0.4, 0.5) is 0 Å². The second-order valence-electron chi connectivity index (χ2n) is 5.05. The van der Waals surface area contributed by atoms with Crippen LogP contribution in [-0.2, 0) is 4.79 Å². The smallest absolute Gasteiger partial charge is 0.371 e. The van der Waals surface area contributed by atoms with Crippen molar-refractivity contribution in [3.63, 3.8) is 0 Å². The van der Waals surface area contributed by atoms with Crippen LogP contribution in [0.15, 0.2) is 28.4 Å². The van der Waals surface area contributed by atoms with Gasteiger partial charge in [-0.2, -0.15) is 0 Å². The Labute approximate surface area is 109 Å². The third kappa shape index (κ3) is 3.22. The molecule has 0 saturated carbocycles. The van der Waals surface area contributed by atoms with Crippen molar-refractivity contribution < 1.29 is 9.90 Å². The molecule has 0 fully saturated rings. The molecule has 0 aromatic carbocycles. The summed E-state index contributed by atoms with van der Waals surface area (Å²) in [6.07, 6.45) is 4.85. The lowest BCUT2D eigenvalue weighted by molar-refractivity contribution is -0.130. The fraction of sp³-hybridized carbons (Fsp3) is 0.571. The molecule has 4 nitrogen and oxygen atoms in total. The summed E-state index contributed by atoms with van der Waals surface area (Å²) in [5.74, 6) is -0.831. The first-order valence-corrected chi connectivity index (χ1v) is 6.31. The number of nitrogens with zero attached hydrogens (tertiary/aromatic N) is 2. The molecule has 0 radical (unpaired) electrons. The van der Waals surface area contributed by atoms with Gasteiger partial charge in [0.1, 0.15) is 0 Å². The zero-order chi connectivity index (χ0) is 13.9. The number of aliphatic imine (C=N–C) groups is 1. The van der Waals surface area contributed by atoms with Gasteiger partial charge in [-0.05, 0) is 40.2 Å². The predicted octanol–water partition coefficient (Wildman–Crippen LogP) is 2.82. The van der Waals surface area contributed by atoms with Gasteiger partial charge >= 0.3 is 5.97 Å². The van der Waals surface area contributed by atoms with E-state index in [0.717, 1.165) is 17.7 Å². The van der Waals surface area contributed by atoms with E-state index in [1.807, 2.05) is 45.6 Å². The Kier molecular flexibility index (Phi) is 4.70. The second kappa shape index (κ2) is 5.85. The van der Waals surface area contributed by atoms with E-state index in [0.29, 0.717) is 0 Å². The van der Waals surface area contributed by atoms with Gasteiger partial charge in [0, 0.05) is 24.2 Å². The summed E-state index contributed by atoms with van der Waals surface area (Å²) in [7, 11) is 0. The largest absolute Gasteiger partial charge is 0.475 e. The molecular weight excluding hydrogens is 228 g/mol. The van der Waals surface area contributed by atoms with Crippen LogP contribution >= 0.6 is 0 Å². The fourth-order valence-corrected chi connectivity index (χ4v) is 2.04. The Bertz CT molecular complexity index is 418. The molecule has 0 spiro atoms. The maximum atomic E-state index is 11.4. The average molecular weight is 250 g/mol. The van der Waals surface area contributed by atoms with E-state index in [4.69, 9.17) is 0 Å². The summed E-state index contributed by atoms with van der Waals surface area (Å²) < 4.78 is 0. The molecule has 0 aromatic heterocycles. The zero-order valence-electron chi connectivity index (χ0n) is 11.8. The second-order valence-corrected chi connectivity index (χ2v) is 5.05. The van der Waals surface area contributed by atoms with E-state index in [1.54, 1.807) is 0 Å². The number of hydrogen-bond acceptors (Lipinski definition) is 2. The molecule has 0 amide bonds. The summed E-state index contributed by atoms with van der Waals surface area (Å²) in [6.45, 7) is 9.74. The van der Waals surface area contributed by atoms with Crippen molar-refractivity contribution in [2.75, 3.05) is 0 Å². The molecule has 1 rings (SSSR count). The van der Waals surface area contributed by atoms with E-state index in [1.165, 1.54) is 0 Å². The van der Waals surface area contributed by atoms with Crippen molar-refractivity contribution in [1.29, 1.82) is 0 Å². The van der Waals surface area contributed by atoms with Gasteiger partial charge in [-0.15, -0.1) is 0 Å². The highest BCUT2D eigenvalue weighted by atomic mass is 16.4. The van der Waals surface area contributed by atoms with Crippen LogP contribution < -0.4 is 0 Å². The number of amidine groups is 1. The molecule has 0 atom stereocenters. The van der Waals surface area contributed by atoms with Gasteiger partial charge in [0.15, 0.2) is 0 Å². The van der Waals surface area contributed by atoms with Crippen molar-refractivity contribution in [1.82, 2.24) is 4.90 Å². The lowest BCUT2D eigenvalue weighted by atomic mass is 10.2. The summed E-state index contributed by atoms with van der Waals surface area (Å²) in [5.41, 5.74) is 2.15. The van der Waals surface area contributed by atoms with E-state index >= 15 is 0 Å². The van der Waals surface area contributed by atoms with Crippen LogP contribution in [0.1, 0.15) is 41.0 Å². The first-order valence-electron chi connectivity index (χ1n) is 6.31. The molecule has 0 unspecified atom stereocenters. The first-order chi connectivity index (χ1) is 8.34. The van der Waals surface area contributed by atoms with Crippen molar-refractivity contribution in [3.8, 4) is 0 Å². The van der Waals surface area contributed by atoms with Gasteiger partial charge in [0.05, 0.1) is 0 Å². The van der Waals surface area contributed by atoms with Gasteiger partial charge in [0.25, 0.3) is 0 Å². The molecule has 4 heteroatoms. The summed E-state index contributed by atoms with van der Waals surface area (Å²) >= 11 is 0. The van der Waals surface area contributed by atoms with Gasteiger partial charge in [-0.25, -0.2) is 4.79 Å². The number of rotatable bonds is 3. The number of hydrogen-bond donors (Lipinski definition) is 1. The minimum atomic E-state index is -0.968. The molecule has 0 saturated heterocycles. The Balaban J connectivity index is 3.19. The van der Waals surface area contributed by atoms with E-state index < -0.39 is 5.97 Å². The van der Waals surface area contributed by atoms with Crippen LogP contribution in [0.2, 0.25) is 0 Å². The van der Waals surface area contributed by atoms with E-state index in [9.17, 15) is 9.90 Å². The van der Waals surface area contributed by atoms with Crippen molar-refractivity contribution in [2.24, 2.45) is 4.99 Å². The highest BCUT2D eigenvalue weighted by Gasteiger charge is 2.26. The zero-order valence-corrected chi connectivity index (χ0v) is 11.8. The topological polar surface area (TPSA) is 52.9 Å². The first kappa shape index (κ1) is 14.5. The Morgan fingerprint density at radius 1 is 1.39 bits per heavy atom. The van der Waals surface area contributed by atoms with Gasteiger partial charge < -0.3 is 10.0 Å². The van der Waals surface area contributed by atoms with E-state index in [-0.39, 0.29) is 17.9 Å². The molecule has 1 N–H and O–H groups in total. The average Bonchev–Trinajstić information content (AvgIpc) is 2.62. The van der Waals surface area contributed by atoms with Crippen LogP contribution in [0.5, 0.6) is 0 Å². The summed E-state index contributed by atoms with van der Waals surface area (Å²) in [6, 6.07) is 0.0380. The number of carbonyl (C=O) groups is 1. The molecular formula is C14H22N2O2. The number of carboxylic acid groups (broad SMARTS) is 1. The monoisotopic (exact) mass is 250 g/mol. The molecule has 100 valence electrons. The number of aliphatic carboxylic acids is 1. The molecule has 0 aliphatic heterocycles. The van der Waals surface area contributed by atoms with Crippen LogP contribution in [-0.4, -0.2) is 33.9 Å². The molecule has 0 heterocycles. The summed E-state index contributed by atoms with van der Waals surface area (Å²) in [4.78, 5) is 17.5. The number of carboxylic acids is 1. The third-order valence-corrected chi connectivity index (χ3v) is 2.74. The van der Waals surface area contributed by atoms with Crippen LogP contribution in [0.25, 0.3) is 0 Å². The molecule has 0 bridgehead atoms. The molecule has 1 aliphatic rings. The lowest BCUT2D eigenvalue weighted by Gasteiger charge is -2.30. The van der Waals surface area contributed by atoms with Crippen molar-refractivity contribution in [2.45, 2.75) is 53.1 Å². The maximum absolute atomic E-state index is 11.4. The summed E-state index contributed by atoms with van der Waals surface area (Å²) in [5, 5.41) is 9.37. The fourth-order valence-electron chi connectivity index (χ4n) is 2.04. The van der Waals surface area contributed by atoms with Crippen molar-refractivity contribution in [3.05, 3.63) is 23.4 Å². The number of allylic oxidation sites excluding steroid dienone is 3. The Morgan fingerprint density at radius 3 is 2.33 bits per heavy atom. The SMILES string of the molecule is CC1=C(N(C(=NC(C)C)C(=O)O)C(C)C)CC=C1. The van der Waals surface area contributed by atoms with Gasteiger partial charge in [0.2, 0.25) is 5.84 Å². The van der Waals surface area contributed by atoms with E-state index in [2.05, 4.69) is 11.1 Å². The minimum absolute atomic E-state index is 0.0346. The molecule has 1 aliphatic carbocycles. The maximum Gasteiger partial charge on any atom is 0.371 e. The standard InChI is InChI=1S/C14H22N2O2/c1-9(2)15-13(14(17)18)16(10(3)4)12-8-6-7-11(12)5/h6-7,9-10H,8H2,1-5H3,(H,17,18). The highest BCUT2D eigenvalue weighted by molar-refractivity contribution is 6.34. The third-order valence-electron chi connectivity index (χ3n) is 2.74. The Morgan fingerprint density at radius 2 is 2.00 bits per heavy atom. The Hall–Kier alpha value is -1.58. The van der Waals surface area contributed by atoms with Crippen LogP contribution in [0, 0.1) is 0 Å². The van der Waals surface area contributed by atoms with Gasteiger partial charge in [-0.3, -0.25) is 4.99 Å². The highest BCUT2D eigenvalue weighted by Crippen LogP contribution is 2.25. The lowest BCUT2D eigenvalue weighted by Crippen LogP contribution is -2.41. The molecule has 0 aromatic rings. The quantitative estimate of drug-likeness (QED) is 0.619. The minimum Gasteiger partial charge on any atom is -0.475 e. The van der Waals surface area contributed by atoms with Gasteiger partial charge in [-0.1, -0.05) is 12.2 Å². The normalized spacial score (nSPS) is 16.1. The predicted molar refractivity (Wildman–Crippen MR) is 73.6 cm³/mol. The van der Waals surface area contributed by atoms with Crippen molar-refractivity contribution >= 4 is 11.8 Å².